The van der Waals surface area contributed by atoms with E-state index >= 15 is 0 Å². The molecule has 33 heavy (non-hydrogen) atoms. The van der Waals surface area contributed by atoms with Crippen molar-refractivity contribution in [1.82, 2.24) is 15.5 Å². The van der Waals surface area contributed by atoms with Crippen LogP contribution in [-0.2, 0) is 14.4 Å². The molecule has 2 rings (SSSR count). The van der Waals surface area contributed by atoms with Gasteiger partial charge in [-0.2, -0.15) is 0 Å². The van der Waals surface area contributed by atoms with Gasteiger partial charge in [-0.05, 0) is 38.3 Å². The lowest BCUT2D eigenvalue weighted by Gasteiger charge is -2.19. The molecule has 3 atom stereocenters. The number of aliphatic hydroxyl groups excluding tert-OH is 1. The molecule has 0 aliphatic carbocycles. The number of rotatable bonds is 12. The van der Waals surface area contributed by atoms with E-state index in [2.05, 4.69) is 10.6 Å². The Morgan fingerprint density at radius 1 is 1.30 bits per heavy atom. The quantitative estimate of drug-likeness (QED) is 0.0924. The van der Waals surface area contributed by atoms with Gasteiger partial charge in [-0.15, -0.1) is 11.3 Å². The van der Waals surface area contributed by atoms with Crippen molar-refractivity contribution < 1.29 is 24.6 Å². The molecular formula is C21H32N6O5S. The van der Waals surface area contributed by atoms with E-state index in [-0.39, 0.29) is 18.3 Å². The molecule has 0 saturated carbocycles. The van der Waals surface area contributed by atoms with Gasteiger partial charge in [-0.25, -0.2) is 4.79 Å². The molecule has 0 aromatic carbocycles. The number of carbonyl (C=O) groups excluding carboxylic acids is 2. The number of carboxylic acid groups (broad SMARTS) is 1. The number of unbranched alkanes of at least 4 members (excludes halogenated alkanes) is 1. The average molecular weight is 481 g/mol. The van der Waals surface area contributed by atoms with Crippen LogP contribution in [-0.4, -0.2) is 70.6 Å². The number of aryl methyl sites for hydroxylation is 1. The molecule has 2 amide bonds. The lowest BCUT2D eigenvalue weighted by atomic mass is 10.1. The molecule has 11 nitrogen and oxygen atoms in total. The first kappa shape index (κ1) is 26.3. The van der Waals surface area contributed by atoms with Gasteiger partial charge in [0.25, 0.3) is 0 Å². The summed E-state index contributed by atoms with van der Waals surface area (Å²) < 4.78 is 0. The maximum Gasteiger partial charge on any atom is 0.329 e. The number of nitrogens with two attached hydrogens (primary N) is 2. The summed E-state index contributed by atoms with van der Waals surface area (Å²) in [5.74, 6) is -2.12. The molecule has 0 radical (unpaired) electrons. The standard InChI is InChI=1S/C21H32N6O5S/c1-12-5-6-15(33-12)18(29)17(20(31)32)26-16(28)4-2-3-8-25-19(30)14(22)10-13-7-9-27(11-13)21(23)24/h5-7,14,17-18,29H,2-4,8-11,22H2,1H3,(H3,23,24)(H,25,30)(H,26,28)(H,31,32). The highest BCUT2D eigenvalue weighted by molar-refractivity contribution is 7.12. The second-order valence-corrected chi connectivity index (χ2v) is 9.28. The zero-order valence-electron chi connectivity index (χ0n) is 18.5. The third-order valence-corrected chi connectivity index (χ3v) is 6.31. The largest absolute Gasteiger partial charge is 0.480 e. The van der Waals surface area contributed by atoms with Gasteiger partial charge in [-0.3, -0.25) is 15.0 Å². The number of carbonyl (C=O) groups is 3. The van der Waals surface area contributed by atoms with Crippen LogP contribution in [0.4, 0.5) is 0 Å². The van der Waals surface area contributed by atoms with E-state index in [1.807, 2.05) is 13.0 Å². The highest BCUT2D eigenvalue weighted by Crippen LogP contribution is 2.25. The molecule has 0 fully saturated rings. The van der Waals surface area contributed by atoms with Crippen molar-refractivity contribution in [3.8, 4) is 0 Å². The van der Waals surface area contributed by atoms with Crippen LogP contribution in [0.1, 0.15) is 41.5 Å². The summed E-state index contributed by atoms with van der Waals surface area (Å²) in [7, 11) is 0. The van der Waals surface area contributed by atoms with Crippen molar-refractivity contribution >= 4 is 35.1 Å². The van der Waals surface area contributed by atoms with Crippen LogP contribution in [0.15, 0.2) is 23.8 Å². The van der Waals surface area contributed by atoms with Crippen LogP contribution < -0.4 is 22.1 Å². The lowest BCUT2D eigenvalue weighted by molar-refractivity contribution is -0.145. The summed E-state index contributed by atoms with van der Waals surface area (Å²) in [5.41, 5.74) is 12.3. The van der Waals surface area contributed by atoms with Crippen LogP contribution in [0.2, 0.25) is 0 Å². The third-order valence-electron chi connectivity index (χ3n) is 5.23. The molecule has 1 aromatic heterocycles. The molecule has 182 valence electrons. The summed E-state index contributed by atoms with van der Waals surface area (Å²) in [6.07, 6.45) is 1.96. The molecule has 12 heteroatoms. The monoisotopic (exact) mass is 480 g/mol. The Hall–Kier alpha value is -2.96. The SMILES string of the molecule is Cc1ccc(C(O)C(NC(=O)CCCCNC(=O)C(N)CC2=CCN(C(=N)N)C2)C(=O)O)s1. The summed E-state index contributed by atoms with van der Waals surface area (Å²) in [5, 5.41) is 32.2. The number of aliphatic carboxylic acids is 1. The number of nitrogens with zero attached hydrogens (tertiary/aromatic N) is 1. The number of carboxylic acids is 1. The second-order valence-electron chi connectivity index (χ2n) is 7.96. The normalized spacial score (nSPS) is 16.0. The van der Waals surface area contributed by atoms with Gasteiger partial charge in [0.05, 0.1) is 6.04 Å². The molecule has 0 spiro atoms. The molecule has 1 aromatic rings. The minimum Gasteiger partial charge on any atom is -0.480 e. The predicted molar refractivity (Wildman–Crippen MR) is 125 cm³/mol. The van der Waals surface area contributed by atoms with E-state index < -0.39 is 30.1 Å². The maximum absolute atomic E-state index is 12.2. The van der Waals surface area contributed by atoms with Gasteiger partial charge >= 0.3 is 5.97 Å². The van der Waals surface area contributed by atoms with Gasteiger partial charge in [-0.1, -0.05) is 11.6 Å². The van der Waals surface area contributed by atoms with Crippen molar-refractivity contribution in [3.05, 3.63) is 33.5 Å². The number of hydrogen-bond acceptors (Lipinski definition) is 7. The Kier molecular flexibility index (Phi) is 9.82. The number of aliphatic hydroxyl groups is 1. The number of nitrogens with one attached hydrogen (secondary N) is 3. The van der Waals surface area contributed by atoms with Crippen LogP contribution in [0, 0.1) is 12.3 Å². The fraction of sp³-hybridized carbons (Fsp3) is 0.524. The van der Waals surface area contributed by atoms with E-state index in [1.165, 1.54) is 11.3 Å². The van der Waals surface area contributed by atoms with Gasteiger partial charge < -0.3 is 37.2 Å². The van der Waals surface area contributed by atoms with E-state index in [9.17, 15) is 24.6 Å². The summed E-state index contributed by atoms with van der Waals surface area (Å²) in [6.45, 7) is 3.20. The number of thiophene rings is 1. The van der Waals surface area contributed by atoms with Crippen molar-refractivity contribution in [2.24, 2.45) is 11.5 Å². The highest BCUT2D eigenvalue weighted by Gasteiger charge is 2.30. The van der Waals surface area contributed by atoms with E-state index in [4.69, 9.17) is 16.9 Å². The number of hydrogen-bond donors (Lipinski definition) is 7. The summed E-state index contributed by atoms with van der Waals surface area (Å²) >= 11 is 1.27. The summed E-state index contributed by atoms with van der Waals surface area (Å²) in [4.78, 5) is 38.9. The fourth-order valence-corrected chi connectivity index (χ4v) is 4.27. The van der Waals surface area contributed by atoms with Crippen LogP contribution in [0.5, 0.6) is 0 Å². The maximum atomic E-state index is 12.2. The fourth-order valence-electron chi connectivity index (χ4n) is 3.37. The van der Waals surface area contributed by atoms with E-state index in [0.717, 1.165) is 10.5 Å². The first-order valence-corrected chi connectivity index (χ1v) is 11.5. The number of amides is 2. The lowest BCUT2D eigenvalue weighted by Crippen LogP contribution is -2.44. The smallest absolute Gasteiger partial charge is 0.329 e. The Labute approximate surface area is 196 Å². The highest BCUT2D eigenvalue weighted by atomic mass is 32.1. The Balaban J connectivity index is 1.66. The zero-order chi connectivity index (χ0) is 24.5. The molecule has 9 N–H and O–H groups in total. The topological polar surface area (TPSA) is 195 Å². The molecule has 1 aliphatic rings. The third kappa shape index (κ3) is 8.15. The Morgan fingerprint density at radius 2 is 2.03 bits per heavy atom. The summed E-state index contributed by atoms with van der Waals surface area (Å²) in [6, 6.07) is 1.26. The molecule has 3 unspecified atom stereocenters. The molecule has 1 aliphatic heterocycles. The molecular weight excluding hydrogens is 448 g/mol. The van der Waals surface area contributed by atoms with Gasteiger partial charge in [0.15, 0.2) is 12.0 Å². The van der Waals surface area contributed by atoms with Crippen LogP contribution in [0.3, 0.4) is 0 Å². The van der Waals surface area contributed by atoms with Crippen molar-refractivity contribution in [3.63, 3.8) is 0 Å². The van der Waals surface area contributed by atoms with Crippen molar-refractivity contribution in [2.45, 2.75) is 50.8 Å². The second kappa shape index (κ2) is 12.3. The van der Waals surface area contributed by atoms with E-state index in [1.54, 1.807) is 17.0 Å². The average Bonchev–Trinajstić information content (AvgIpc) is 3.40. The first-order valence-electron chi connectivity index (χ1n) is 10.6. The molecule has 0 saturated heterocycles. The van der Waals surface area contributed by atoms with Gasteiger partial charge in [0.1, 0.15) is 6.10 Å². The van der Waals surface area contributed by atoms with Gasteiger partial charge in [0.2, 0.25) is 11.8 Å². The zero-order valence-corrected chi connectivity index (χ0v) is 19.4. The van der Waals surface area contributed by atoms with Crippen molar-refractivity contribution in [2.75, 3.05) is 19.6 Å². The number of guanidine groups is 1. The minimum atomic E-state index is -1.43. The predicted octanol–water partition coefficient (Wildman–Crippen LogP) is -0.201. The van der Waals surface area contributed by atoms with E-state index in [0.29, 0.717) is 43.8 Å². The van der Waals surface area contributed by atoms with Crippen LogP contribution in [0.25, 0.3) is 0 Å². The first-order chi connectivity index (χ1) is 15.6. The molecule has 2 heterocycles. The van der Waals surface area contributed by atoms with Gasteiger partial charge in [0, 0.05) is 35.8 Å². The minimum absolute atomic E-state index is 0.0193. The van der Waals surface area contributed by atoms with Crippen LogP contribution >= 0.6 is 11.3 Å². The Bertz CT molecular complexity index is 901. The molecule has 0 bridgehead atoms. The van der Waals surface area contributed by atoms with Crippen molar-refractivity contribution in [1.29, 1.82) is 5.41 Å². The Morgan fingerprint density at radius 3 is 2.61 bits per heavy atom.